The molecule has 1 unspecified atom stereocenters. The summed E-state index contributed by atoms with van der Waals surface area (Å²) in [7, 11) is 0. The third kappa shape index (κ3) is 3.92. The van der Waals surface area contributed by atoms with E-state index in [0.29, 0.717) is 10.5 Å². The largest absolute Gasteiger partial charge is 0.507 e. The van der Waals surface area contributed by atoms with Crippen LogP contribution in [0.15, 0.2) is 41.3 Å². The van der Waals surface area contributed by atoms with Gasteiger partial charge in [-0.1, -0.05) is 24.3 Å². The minimum Gasteiger partial charge on any atom is -0.507 e. The Morgan fingerprint density at radius 3 is 2.14 bits per heavy atom. The van der Waals surface area contributed by atoms with Crippen molar-refractivity contribution in [2.45, 2.75) is 18.7 Å². The summed E-state index contributed by atoms with van der Waals surface area (Å²) in [6, 6.07) is 9.94. The van der Waals surface area contributed by atoms with Crippen LogP contribution in [0.4, 0.5) is 0 Å². The molecule has 0 saturated heterocycles. The van der Waals surface area contributed by atoms with Crippen LogP contribution >= 0.6 is 17.1 Å². The predicted octanol–water partition coefficient (Wildman–Crippen LogP) is 4.10. The maximum absolute atomic E-state index is 10.4. The summed E-state index contributed by atoms with van der Waals surface area (Å²) < 4.78 is 5.46. The number of para-hydroxylation sites is 1. The third-order valence-corrected chi connectivity index (χ3v) is 6.51. The molecule has 1 atom stereocenters. The lowest BCUT2D eigenvalue weighted by Crippen LogP contribution is -1.92. The van der Waals surface area contributed by atoms with E-state index in [9.17, 15) is 15.1 Å². The molecule has 2 aromatic carbocycles. The summed E-state index contributed by atoms with van der Waals surface area (Å²) in [5, 5.41) is 19.7. The molecule has 4 nitrogen and oxygen atoms in total. The second kappa shape index (κ2) is 6.28. The molecular weight excluding hydrogens is 327 g/mol. The SMILES string of the molecule is Cc1cccc(O)c1OP(O)(=S)Sc1c(C)cccc1O. The number of phenols is 2. The van der Waals surface area contributed by atoms with E-state index in [0.717, 1.165) is 16.9 Å². The number of benzene rings is 2. The minimum atomic E-state index is -3.31. The highest BCUT2D eigenvalue weighted by atomic mass is 32.9. The van der Waals surface area contributed by atoms with Crippen molar-refractivity contribution in [2.24, 2.45) is 0 Å². The van der Waals surface area contributed by atoms with E-state index in [-0.39, 0.29) is 17.2 Å². The normalized spacial score (nSPS) is 13.7. The van der Waals surface area contributed by atoms with Crippen molar-refractivity contribution >= 4 is 28.9 Å². The molecule has 7 heteroatoms. The van der Waals surface area contributed by atoms with Crippen LogP contribution in [0, 0.1) is 13.8 Å². The molecule has 0 aliphatic carbocycles. The Morgan fingerprint density at radius 1 is 1.00 bits per heavy atom. The van der Waals surface area contributed by atoms with Gasteiger partial charge in [-0.15, -0.1) is 0 Å². The summed E-state index contributed by atoms with van der Waals surface area (Å²) in [4.78, 5) is 10.8. The summed E-state index contributed by atoms with van der Waals surface area (Å²) in [6.07, 6.45) is 0. The monoisotopic (exact) mass is 342 g/mol. The molecule has 0 aromatic heterocycles. The summed E-state index contributed by atoms with van der Waals surface area (Å²) in [6.45, 7) is 3.56. The molecule has 0 radical (unpaired) electrons. The fraction of sp³-hybridized carbons (Fsp3) is 0.143. The highest BCUT2D eigenvalue weighted by Crippen LogP contribution is 2.62. The Labute approximate surface area is 132 Å². The Hall–Kier alpha value is -1.20. The number of hydrogen-bond donors (Lipinski definition) is 3. The van der Waals surface area contributed by atoms with Crippen LogP contribution in [0.3, 0.4) is 0 Å². The Kier molecular flexibility index (Phi) is 4.84. The van der Waals surface area contributed by atoms with Crippen molar-refractivity contribution < 1.29 is 19.6 Å². The minimum absolute atomic E-state index is 0.0425. The van der Waals surface area contributed by atoms with E-state index < -0.39 is 5.69 Å². The number of phenolic OH excluding ortho intramolecular Hbond substituents is 2. The van der Waals surface area contributed by atoms with E-state index in [1.165, 1.54) is 12.1 Å². The van der Waals surface area contributed by atoms with E-state index in [1.807, 2.05) is 13.0 Å². The van der Waals surface area contributed by atoms with Crippen molar-refractivity contribution in [3.05, 3.63) is 47.5 Å². The number of rotatable bonds is 4. The quantitative estimate of drug-likeness (QED) is 0.727. The second-order valence-electron chi connectivity index (χ2n) is 4.50. The number of hydrogen-bond acceptors (Lipinski definition) is 5. The lowest BCUT2D eigenvalue weighted by Gasteiger charge is -2.19. The van der Waals surface area contributed by atoms with E-state index in [2.05, 4.69) is 0 Å². The van der Waals surface area contributed by atoms with Crippen molar-refractivity contribution in [3.8, 4) is 17.2 Å². The zero-order valence-corrected chi connectivity index (χ0v) is 14.0. The summed E-state index contributed by atoms with van der Waals surface area (Å²) >= 11 is 6.04. The van der Waals surface area contributed by atoms with Crippen LogP contribution in [-0.2, 0) is 11.8 Å². The van der Waals surface area contributed by atoms with Gasteiger partial charge in [0.1, 0.15) is 5.75 Å². The maximum atomic E-state index is 10.4. The summed E-state index contributed by atoms with van der Waals surface area (Å²) in [5.41, 5.74) is -1.85. The number of aromatic hydroxyl groups is 2. The van der Waals surface area contributed by atoms with Crippen molar-refractivity contribution in [2.75, 3.05) is 0 Å². The Balaban J connectivity index is 2.29. The predicted molar refractivity (Wildman–Crippen MR) is 88.7 cm³/mol. The van der Waals surface area contributed by atoms with Crippen LogP contribution < -0.4 is 4.52 Å². The van der Waals surface area contributed by atoms with Crippen LogP contribution in [-0.4, -0.2) is 15.1 Å². The molecule has 0 aliphatic heterocycles. The van der Waals surface area contributed by atoms with Gasteiger partial charge in [-0.3, -0.25) is 0 Å². The topological polar surface area (TPSA) is 69.9 Å². The molecule has 21 heavy (non-hydrogen) atoms. The van der Waals surface area contributed by atoms with Gasteiger partial charge in [-0.05, 0) is 60.3 Å². The number of aryl methyl sites for hydroxylation is 2. The first kappa shape index (κ1) is 16.2. The fourth-order valence-corrected chi connectivity index (χ4v) is 5.51. The molecular formula is C14H15O4PS2. The van der Waals surface area contributed by atoms with Gasteiger partial charge in [0.25, 0.3) is 5.69 Å². The average Bonchev–Trinajstić information content (AvgIpc) is 2.39. The highest BCUT2D eigenvalue weighted by Gasteiger charge is 2.23. The fourth-order valence-electron chi connectivity index (χ4n) is 1.76. The van der Waals surface area contributed by atoms with Crippen molar-refractivity contribution in [3.63, 3.8) is 0 Å². The second-order valence-corrected chi connectivity index (χ2v) is 10.4. The van der Waals surface area contributed by atoms with Crippen LogP contribution in [0.5, 0.6) is 17.2 Å². The zero-order valence-electron chi connectivity index (χ0n) is 11.5. The molecule has 0 heterocycles. The molecule has 3 N–H and O–H groups in total. The molecule has 0 fully saturated rings. The van der Waals surface area contributed by atoms with Gasteiger partial charge in [-0.25, -0.2) is 0 Å². The molecule has 0 saturated carbocycles. The zero-order chi connectivity index (χ0) is 15.6. The van der Waals surface area contributed by atoms with Crippen molar-refractivity contribution in [1.29, 1.82) is 0 Å². The van der Waals surface area contributed by atoms with Crippen molar-refractivity contribution in [1.82, 2.24) is 0 Å². The first-order valence-electron chi connectivity index (χ1n) is 6.09. The Morgan fingerprint density at radius 2 is 1.57 bits per heavy atom. The van der Waals surface area contributed by atoms with Crippen LogP contribution in [0.25, 0.3) is 0 Å². The first-order valence-corrected chi connectivity index (χ1v) is 10.2. The molecule has 0 spiro atoms. The molecule has 2 aromatic rings. The van der Waals surface area contributed by atoms with Crippen LogP contribution in [0.1, 0.15) is 11.1 Å². The third-order valence-electron chi connectivity index (χ3n) is 2.80. The van der Waals surface area contributed by atoms with Crippen LogP contribution in [0.2, 0.25) is 0 Å². The van der Waals surface area contributed by atoms with E-state index in [1.54, 1.807) is 25.1 Å². The lowest BCUT2D eigenvalue weighted by molar-refractivity contribution is 0.430. The summed E-state index contributed by atoms with van der Waals surface area (Å²) in [5.74, 6) is 0.137. The van der Waals surface area contributed by atoms with E-state index in [4.69, 9.17) is 16.3 Å². The molecule has 0 amide bonds. The van der Waals surface area contributed by atoms with E-state index >= 15 is 0 Å². The van der Waals surface area contributed by atoms with Gasteiger partial charge >= 0.3 is 0 Å². The van der Waals surface area contributed by atoms with Gasteiger partial charge in [0, 0.05) is 0 Å². The van der Waals surface area contributed by atoms with Gasteiger partial charge in [0.15, 0.2) is 11.5 Å². The smallest absolute Gasteiger partial charge is 0.300 e. The lowest BCUT2D eigenvalue weighted by atomic mass is 10.2. The molecule has 112 valence electrons. The van der Waals surface area contributed by atoms with Gasteiger partial charge in [-0.2, -0.15) is 0 Å². The molecule has 2 rings (SSSR count). The van der Waals surface area contributed by atoms with Gasteiger partial charge in [0.2, 0.25) is 0 Å². The van der Waals surface area contributed by atoms with Gasteiger partial charge in [0.05, 0.1) is 4.90 Å². The van der Waals surface area contributed by atoms with Gasteiger partial charge < -0.3 is 19.6 Å². The first-order chi connectivity index (χ1) is 9.80. The maximum Gasteiger partial charge on any atom is 0.300 e. The molecule has 0 aliphatic rings. The standard InChI is InChI=1S/C14H15O4PS2/c1-9-5-3-7-11(15)13(9)18-19(17,20)21-14-10(2)6-4-8-12(14)16/h3-8,15-16H,1-2H3,(H,17,20). The molecule has 0 bridgehead atoms. The average molecular weight is 342 g/mol. The Bertz CT molecular complexity index is 620. The highest BCUT2D eigenvalue weighted by molar-refractivity contribution is 8.67.